The number of benzene rings is 1. The number of carboxylic acids is 1. The maximum atomic E-state index is 10.2. The van der Waals surface area contributed by atoms with Crippen molar-refractivity contribution >= 4 is 11.9 Å². The fourth-order valence-electron chi connectivity index (χ4n) is 0.906. The van der Waals surface area contributed by atoms with Crippen LogP contribution in [-0.4, -0.2) is 23.7 Å². The molecule has 0 spiro atoms. The molecule has 1 aromatic carbocycles. The van der Waals surface area contributed by atoms with E-state index in [1.54, 1.807) is 30.3 Å². The van der Waals surface area contributed by atoms with E-state index in [9.17, 15) is 9.59 Å². The van der Waals surface area contributed by atoms with Crippen LogP contribution in [0.3, 0.4) is 0 Å². The first kappa shape index (κ1) is 15.9. The van der Waals surface area contributed by atoms with Crippen LogP contribution in [0.15, 0.2) is 42.0 Å². The zero-order valence-corrected chi connectivity index (χ0v) is 10.8. The smallest absolute Gasteiger partial charge is 0.335 e. The second-order valence-electron chi connectivity index (χ2n) is 3.76. The highest BCUT2D eigenvalue weighted by atomic mass is 16.5. The molecule has 18 heavy (non-hydrogen) atoms. The Morgan fingerprint density at radius 2 is 1.72 bits per heavy atom. The maximum absolute atomic E-state index is 10.2. The summed E-state index contributed by atoms with van der Waals surface area (Å²) in [4.78, 5) is 20.4. The molecule has 4 heteroatoms. The largest absolute Gasteiger partial charge is 0.478 e. The van der Waals surface area contributed by atoms with Crippen LogP contribution in [0, 0.1) is 0 Å². The highest BCUT2D eigenvalue weighted by Gasteiger charge is 1.96. The molecule has 0 aliphatic rings. The maximum Gasteiger partial charge on any atom is 0.335 e. The van der Waals surface area contributed by atoms with Gasteiger partial charge in [-0.1, -0.05) is 23.8 Å². The van der Waals surface area contributed by atoms with E-state index in [1.807, 2.05) is 19.9 Å². The molecule has 0 amide bonds. The monoisotopic (exact) mass is 250 g/mol. The molecule has 1 rings (SSSR count). The molecule has 0 saturated carbocycles. The van der Waals surface area contributed by atoms with Gasteiger partial charge in [-0.05, 0) is 32.1 Å². The fraction of sp³-hybridized carbons (Fsp3) is 0.286. The van der Waals surface area contributed by atoms with Crippen LogP contribution in [0.2, 0.25) is 0 Å². The lowest BCUT2D eigenvalue weighted by molar-refractivity contribution is -0.139. The number of ether oxygens (including phenoxy) is 1. The van der Waals surface area contributed by atoms with Crippen molar-refractivity contribution in [2.24, 2.45) is 0 Å². The van der Waals surface area contributed by atoms with Crippen molar-refractivity contribution in [2.45, 2.75) is 20.8 Å². The van der Waals surface area contributed by atoms with Gasteiger partial charge in [0.05, 0.1) is 5.56 Å². The highest BCUT2D eigenvalue weighted by molar-refractivity contribution is 5.87. The van der Waals surface area contributed by atoms with Crippen molar-refractivity contribution in [3.63, 3.8) is 0 Å². The van der Waals surface area contributed by atoms with E-state index in [4.69, 9.17) is 5.11 Å². The van der Waals surface area contributed by atoms with E-state index >= 15 is 0 Å². The van der Waals surface area contributed by atoms with Crippen molar-refractivity contribution in [3.8, 4) is 0 Å². The summed E-state index contributed by atoms with van der Waals surface area (Å²) in [5.41, 5.74) is 1.49. The minimum Gasteiger partial charge on any atom is -0.478 e. The van der Waals surface area contributed by atoms with Crippen LogP contribution in [0.4, 0.5) is 0 Å². The molecule has 1 aromatic rings. The van der Waals surface area contributed by atoms with Gasteiger partial charge in [-0.15, -0.1) is 0 Å². The summed E-state index contributed by atoms with van der Waals surface area (Å²) >= 11 is 0. The lowest BCUT2D eigenvalue weighted by atomic mass is 10.2. The molecule has 0 heterocycles. The number of carbonyl (C=O) groups excluding carboxylic acids is 1. The Balaban J connectivity index is 0.000000321. The van der Waals surface area contributed by atoms with E-state index in [-0.39, 0.29) is 5.97 Å². The third-order valence-electron chi connectivity index (χ3n) is 1.80. The molecular weight excluding hydrogens is 232 g/mol. The second-order valence-corrected chi connectivity index (χ2v) is 3.76. The molecule has 0 saturated heterocycles. The average Bonchev–Trinajstić information content (AvgIpc) is 2.30. The molecule has 0 radical (unpaired) electrons. The summed E-state index contributed by atoms with van der Waals surface area (Å²) < 4.78 is 4.64. The number of esters is 1. The molecule has 0 bridgehead atoms. The quantitative estimate of drug-likeness (QED) is 0.661. The number of aromatic carboxylic acids is 1. The van der Waals surface area contributed by atoms with Crippen LogP contribution in [0.25, 0.3) is 0 Å². The fourth-order valence-corrected chi connectivity index (χ4v) is 0.906. The number of hydrogen-bond acceptors (Lipinski definition) is 3. The van der Waals surface area contributed by atoms with Crippen molar-refractivity contribution in [2.75, 3.05) is 6.61 Å². The molecule has 0 aromatic heterocycles. The molecule has 0 unspecified atom stereocenters. The first-order valence-electron chi connectivity index (χ1n) is 5.48. The Morgan fingerprint density at radius 3 is 2.06 bits per heavy atom. The molecule has 0 fully saturated rings. The minimum absolute atomic E-state index is 0.229. The summed E-state index contributed by atoms with van der Waals surface area (Å²) in [6, 6.07) is 8.30. The van der Waals surface area contributed by atoms with E-state index in [1.165, 1.54) is 6.92 Å². The summed E-state index contributed by atoms with van der Waals surface area (Å²) in [5.74, 6) is -1.11. The van der Waals surface area contributed by atoms with Crippen LogP contribution >= 0.6 is 0 Å². The zero-order chi connectivity index (χ0) is 14.0. The predicted molar refractivity (Wildman–Crippen MR) is 69.5 cm³/mol. The third-order valence-corrected chi connectivity index (χ3v) is 1.80. The Kier molecular flexibility index (Phi) is 7.94. The normalized spacial score (nSPS) is 8.61. The van der Waals surface area contributed by atoms with Gasteiger partial charge in [-0.2, -0.15) is 0 Å². The first-order valence-corrected chi connectivity index (χ1v) is 5.48. The number of hydrogen-bond donors (Lipinski definition) is 1. The number of carboxylic acid groups (broad SMARTS) is 1. The SMILES string of the molecule is CC(=O)OCC=C(C)C.O=C(O)c1ccccc1. The van der Waals surface area contributed by atoms with Gasteiger partial charge >= 0.3 is 11.9 Å². The molecule has 0 atom stereocenters. The number of rotatable bonds is 3. The Bertz CT molecular complexity index is 403. The van der Waals surface area contributed by atoms with Gasteiger partial charge in [-0.3, -0.25) is 4.79 Å². The van der Waals surface area contributed by atoms with Gasteiger partial charge in [0.25, 0.3) is 0 Å². The van der Waals surface area contributed by atoms with Gasteiger partial charge < -0.3 is 9.84 Å². The van der Waals surface area contributed by atoms with Crippen molar-refractivity contribution in [1.29, 1.82) is 0 Å². The number of allylic oxidation sites excluding steroid dienone is 1. The molecule has 1 N–H and O–H groups in total. The predicted octanol–water partition coefficient (Wildman–Crippen LogP) is 2.90. The lowest BCUT2D eigenvalue weighted by Crippen LogP contribution is -1.97. The van der Waals surface area contributed by atoms with E-state index < -0.39 is 5.97 Å². The van der Waals surface area contributed by atoms with Gasteiger partial charge in [-0.25, -0.2) is 4.79 Å². The Labute approximate surface area is 107 Å². The molecule has 0 aliphatic carbocycles. The zero-order valence-electron chi connectivity index (χ0n) is 10.8. The molecule has 4 nitrogen and oxygen atoms in total. The van der Waals surface area contributed by atoms with Gasteiger partial charge in [0.1, 0.15) is 6.61 Å². The number of carbonyl (C=O) groups is 2. The van der Waals surface area contributed by atoms with E-state index in [0.29, 0.717) is 12.2 Å². The van der Waals surface area contributed by atoms with Crippen molar-refractivity contribution < 1.29 is 19.4 Å². The van der Waals surface area contributed by atoms with E-state index in [2.05, 4.69) is 4.74 Å². The van der Waals surface area contributed by atoms with Crippen LogP contribution in [-0.2, 0) is 9.53 Å². The van der Waals surface area contributed by atoms with Crippen molar-refractivity contribution in [1.82, 2.24) is 0 Å². The van der Waals surface area contributed by atoms with Gasteiger partial charge in [0.2, 0.25) is 0 Å². The Hall–Kier alpha value is -2.10. The molecule has 0 aliphatic heterocycles. The molecular formula is C14H18O4. The highest BCUT2D eigenvalue weighted by Crippen LogP contribution is 1.96. The molecule has 98 valence electrons. The standard InChI is InChI=1S/C7H6O2.C7H12O2/c8-7(9)6-4-2-1-3-5-6;1-6(2)4-5-9-7(3)8/h1-5H,(H,8,9);4H,5H2,1-3H3. The average molecular weight is 250 g/mol. The van der Waals surface area contributed by atoms with Crippen molar-refractivity contribution in [3.05, 3.63) is 47.5 Å². The summed E-state index contributed by atoms with van der Waals surface area (Å²) in [6.07, 6.45) is 1.86. The summed E-state index contributed by atoms with van der Waals surface area (Å²) in [5, 5.41) is 8.38. The summed E-state index contributed by atoms with van der Waals surface area (Å²) in [7, 11) is 0. The topological polar surface area (TPSA) is 63.6 Å². The van der Waals surface area contributed by atoms with Crippen LogP contribution in [0.5, 0.6) is 0 Å². The van der Waals surface area contributed by atoms with Crippen LogP contribution < -0.4 is 0 Å². The lowest BCUT2D eigenvalue weighted by Gasteiger charge is -1.94. The first-order chi connectivity index (χ1) is 8.43. The minimum atomic E-state index is -0.879. The van der Waals surface area contributed by atoms with Gasteiger partial charge in [0, 0.05) is 6.92 Å². The third kappa shape index (κ3) is 9.15. The second kappa shape index (κ2) is 8.98. The summed E-state index contributed by atoms with van der Waals surface area (Å²) in [6.45, 7) is 5.73. The van der Waals surface area contributed by atoms with Gasteiger partial charge in [0.15, 0.2) is 0 Å². The van der Waals surface area contributed by atoms with E-state index in [0.717, 1.165) is 5.57 Å². The van der Waals surface area contributed by atoms with Crippen LogP contribution in [0.1, 0.15) is 31.1 Å². The Morgan fingerprint density at radius 1 is 1.17 bits per heavy atom.